The first kappa shape index (κ1) is 46.7. The van der Waals surface area contributed by atoms with Gasteiger partial charge in [0.15, 0.2) is 0 Å². The van der Waals surface area contributed by atoms with Crippen LogP contribution in [0.3, 0.4) is 0 Å². The minimum atomic E-state index is -1.01. The average molecular weight is 889 g/mol. The van der Waals surface area contributed by atoms with Gasteiger partial charge in [-0.15, -0.1) is 0 Å². The summed E-state index contributed by atoms with van der Waals surface area (Å²) < 4.78 is 4.77. The Labute approximate surface area is 383 Å². The van der Waals surface area contributed by atoms with Crippen LogP contribution < -0.4 is 9.80 Å². The normalized spacial score (nSPS) is 14.4. The van der Waals surface area contributed by atoms with Gasteiger partial charge in [-0.05, 0) is 117 Å². The van der Waals surface area contributed by atoms with Gasteiger partial charge in [0, 0.05) is 90.3 Å². The molecule has 0 radical (unpaired) electrons. The zero-order valence-corrected chi connectivity index (χ0v) is 37.5. The Balaban J connectivity index is 0.000000197. The number of aliphatic hydroxyl groups is 3. The number of carbonyl (C=O) groups excluding carboxylic acids is 3. The molecule has 0 atom stereocenters. The molecular formula is C51H52N8O7. The SMILES string of the molecule is CC(C)(O)CN1C(=NC(=O)c2ccnc(-c3cccnc3)c2)Cc2cc(CCO)ccc21.COC(=O)Cc1ccc2c(c1)CC(=NC(=O)c1ccnc(-c3cccnc3)c1)N2CC(C)(C)O. The number of benzene rings is 2. The fraction of sp³-hybridized carbons (Fsp3) is 0.275. The zero-order chi connectivity index (χ0) is 47.0. The second-order valence-electron chi connectivity index (χ2n) is 17.3. The highest BCUT2D eigenvalue weighted by Gasteiger charge is 2.32. The van der Waals surface area contributed by atoms with E-state index >= 15 is 0 Å². The van der Waals surface area contributed by atoms with E-state index in [1.807, 2.05) is 70.5 Å². The predicted molar refractivity (Wildman–Crippen MR) is 253 cm³/mol. The maximum Gasteiger partial charge on any atom is 0.309 e. The third kappa shape index (κ3) is 11.9. The molecule has 2 aliphatic rings. The van der Waals surface area contributed by atoms with E-state index in [4.69, 9.17) is 4.74 Å². The van der Waals surface area contributed by atoms with Crippen molar-refractivity contribution < 1.29 is 34.4 Å². The fourth-order valence-electron chi connectivity index (χ4n) is 7.69. The first-order valence-electron chi connectivity index (χ1n) is 21.5. The van der Waals surface area contributed by atoms with Crippen molar-refractivity contribution in [2.45, 2.75) is 64.6 Å². The first-order chi connectivity index (χ1) is 31.6. The second kappa shape index (κ2) is 20.2. The van der Waals surface area contributed by atoms with Gasteiger partial charge < -0.3 is 29.9 Å². The van der Waals surface area contributed by atoms with Crippen LogP contribution in [-0.2, 0) is 35.2 Å². The standard InChI is InChI=1S/C26H26N4O4.C25H26N4O3/c1-26(2,33)16-30-22-7-6-17(12-24(31)34-3)11-20(22)14-23(30)29-25(32)18-8-10-28-21(13-18)19-5-4-9-27-15-19;1-25(2,32)16-29-22-6-5-17(8-11-30)12-20(22)14-23(29)28-24(31)18-7-10-27-21(13-18)19-4-3-9-26-15-19/h4-11,13,15,33H,12,14,16H2,1-3H3;3-7,9-10,12-13,15,30,32H,8,11,14,16H2,1-2H3. The summed E-state index contributed by atoms with van der Waals surface area (Å²) in [6.45, 7) is 7.52. The topological polar surface area (TPSA) is 204 Å². The molecule has 0 saturated heterocycles. The maximum atomic E-state index is 13.1. The van der Waals surface area contributed by atoms with E-state index in [-0.39, 0.29) is 31.4 Å². The number of hydrogen-bond donors (Lipinski definition) is 3. The van der Waals surface area contributed by atoms with Crippen molar-refractivity contribution in [2.24, 2.45) is 9.98 Å². The summed E-state index contributed by atoms with van der Waals surface area (Å²) in [5.41, 5.74) is 7.35. The molecule has 2 amide bonds. The lowest BCUT2D eigenvalue weighted by atomic mass is 10.1. The molecule has 0 fully saturated rings. The largest absolute Gasteiger partial charge is 0.469 e. The number of carbonyl (C=O) groups is 3. The van der Waals surface area contributed by atoms with Crippen LogP contribution in [0.15, 0.2) is 132 Å². The highest BCUT2D eigenvalue weighted by atomic mass is 16.5. The Kier molecular flexibility index (Phi) is 14.3. The average Bonchev–Trinajstić information content (AvgIpc) is 3.80. The number of rotatable bonds is 12. The van der Waals surface area contributed by atoms with Crippen molar-refractivity contribution in [1.82, 2.24) is 19.9 Å². The number of β-amino-alcohol motifs (C(OH)–C–C–N with tert-alkyl or cyclic N) is 2. The van der Waals surface area contributed by atoms with Gasteiger partial charge in [0.1, 0.15) is 11.7 Å². The molecule has 15 nitrogen and oxygen atoms in total. The van der Waals surface area contributed by atoms with Crippen LogP contribution in [0, 0.1) is 0 Å². The van der Waals surface area contributed by atoms with Gasteiger partial charge in [-0.2, -0.15) is 9.98 Å². The summed E-state index contributed by atoms with van der Waals surface area (Å²) in [6, 6.07) is 25.7. The molecule has 2 aromatic carbocycles. The van der Waals surface area contributed by atoms with Crippen LogP contribution in [0.1, 0.15) is 70.7 Å². The second-order valence-corrected chi connectivity index (χ2v) is 17.3. The number of ether oxygens (including phenoxy) is 1. The molecule has 0 spiro atoms. The number of nitrogens with zero attached hydrogens (tertiary/aromatic N) is 8. The number of pyridine rings is 4. The molecule has 0 unspecified atom stereocenters. The van der Waals surface area contributed by atoms with E-state index in [2.05, 4.69) is 29.9 Å². The number of aliphatic hydroxyl groups excluding tert-OH is 1. The molecule has 2 aliphatic heterocycles. The minimum Gasteiger partial charge on any atom is -0.469 e. The lowest BCUT2D eigenvalue weighted by Gasteiger charge is -2.28. The number of methoxy groups -OCH3 is 1. The number of hydrogen-bond acceptors (Lipinski definition) is 11. The van der Waals surface area contributed by atoms with E-state index in [1.54, 1.807) is 89.1 Å². The number of aliphatic imine (C=N–C) groups is 2. The van der Waals surface area contributed by atoms with Crippen LogP contribution in [0.2, 0.25) is 0 Å². The molecule has 0 bridgehead atoms. The van der Waals surface area contributed by atoms with Crippen molar-refractivity contribution in [3.63, 3.8) is 0 Å². The molecule has 6 heterocycles. The Morgan fingerprint density at radius 1 is 0.652 bits per heavy atom. The summed E-state index contributed by atoms with van der Waals surface area (Å²) in [4.78, 5) is 67.4. The fourth-order valence-corrected chi connectivity index (χ4v) is 7.69. The molecule has 3 N–H and O–H groups in total. The van der Waals surface area contributed by atoms with Crippen LogP contribution >= 0.6 is 0 Å². The Morgan fingerprint density at radius 2 is 1.12 bits per heavy atom. The lowest BCUT2D eigenvalue weighted by molar-refractivity contribution is -0.139. The van der Waals surface area contributed by atoms with E-state index in [1.165, 1.54) is 7.11 Å². The predicted octanol–water partition coefficient (Wildman–Crippen LogP) is 6.28. The van der Waals surface area contributed by atoms with Crippen molar-refractivity contribution in [3.05, 3.63) is 155 Å². The van der Waals surface area contributed by atoms with Gasteiger partial charge >= 0.3 is 5.97 Å². The van der Waals surface area contributed by atoms with Gasteiger partial charge in [0.05, 0.1) is 49.2 Å². The molecular weight excluding hydrogens is 837 g/mol. The number of aromatic nitrogens is 4. The number of amides is 2. The van der Waals surface area contributed by atoms with Gasteiger partial charge in [-0.1, -0.05) is 24.3 Å². The van der Waals surface area contributed by atoms with Crippen molar-refractivity contribution in [1.29, 1.82) is 0 Å². The quantitative estimate of drug-likeness (QED) is 0.116. The third-order valence-electron chi connectivity index (χ3n) is 10.6. The molecule has 338 valence electrons. The number of anilines is 2. The summed E-state index contributed by atoms with van der Waals surface area (Å²) in [5.74, 6) is 0.0464. The van der Waals surface area contributed by atoms with Gasteiger partial charge in [-0.25, -0.2) is 0 Å². The van der Waals surface area contributed by atoms with Gasteiger partial charge in [0.2, 0.25) is 0 Å². The summed E-state index contributed by atoms with van der Waals surface area (Å²) >= 11 is 0. The van der Waals surface area contributed by atoms with E-state index in [0.717, 1.165) is 44.8 Å². The van der Waals surface area contributed by atoms with Crippen LogP contribution in [0.5, 0.6) is 0 Å². The molecule has 0 aliphatic carbocycles. The number of fused-ring (bicyclic) bond motifs is 2. The monoisotopic (exact) mass is 888 g/mol. The zero-order valence-electron chi connectivity index (χ0n) is 37.5. The van der Waals surface area contributed by atoms with Crippen molar-refractivity contribution in [3.8, 4) is 22.5 Å². The molecule has 0 saturated carbocycles. The molecule has 6 aromatic rings. The van der Waals surface area contributed by atoms with E-state index < -0.39 is 17.1 Å². The van der Waals surface area contributed by atoms with Crippen molar-refractivity contribution >= 4 is 40.8 Å². The smallest absolute Gasteiger partial charge is 0.309 e. The van der Waals surface area contributed by atoms with Crippen molar-refractivity contribution in [2.75, 3.05) is 36.6 Å². The molecule has 15 heteroatoms. The van der Waals surface area contributed by atoms with Crippen LogP contribution in [0.25, 0.3) is 22.5 Å². The molecule has 4 aromatic heterocycles. The van der Waals surface area contributed by atoms with E-state index in [9.17, 15) is 29.7 Å². The number of amidine groups is 2. The van der Waals surface area contributed by atoms with Crippen LogP contribution in [-0.4, -0.2) is 103 Å². The summed E-state index contributed by atoms with van der Waals surface area (Å²) in [7, 11) is 1.36. The molecule has 66 heavy (non-hydrogen) atoms. The maximum absolute atomic E-state index is 13.1. The molecule has 8 rings (SSSR count). The lowest BCUT2D eigenvalue weighted by Crippen LogP contribution is -2.40. The van der Waals surface area contributed by atoms with Gasteiger partial charge in [-0.3, -0.25) is 34.3 Å². The van der Waals surface area contributed by atoms with Gasteiger partial charge in [0.25, 0.3) is 11.8 Å². The Hall–Kier alpha value is -7.33. The summed E-state index contributed by atoms with van der Waals surface area (Å²) in [6.07, 6.45) is 11.5. The highest BCUT2D eigenvalue weighted by Crippen LogP contribution is 2.34. The minimum absolute atomic E-state index is 0.0763. The van der Waals surface area contributed by atoms with Crippen LogP contribution in [0.4, 0.5) is 11.4 Å². The Bertz CT molecular complexity index is 2780. The Morgan fingerprint density at radius 3 is 1.55 bits per heavy atom. The third-order valence-corrected chi connectivity index (χ3v) is 10.6. The first-order valence-corrected chi connectivity index (χ1v) is 21.5. The number of esters is 1. The summed E-state index contributed by atoms with van der Waals surface area (Å²) in [5, 5.41) is 30.2. The highest BCUT2D eigenvalue weighted by molar-refractivity contribution is 6.13. The van der Waals surface area contributed by atoms with E-state index in [0.29, 0.717) is 60.0 Å².